The SMILES string of the molecule is Nc1nc(N2CCC3(CC2)c2ccccc2[C@@H](N2CCCC2)[C@@H]3O)cc(=O)[nH]1. The summed E-state index contributed by atoms with van der Waals surface area (Å²) in [5.74, 6) is 0.760. The standard InChI is InChI=1S/C21H27N5O2/c22-20-23-16(13-17(27)24-20)25-11-7-21(8-12-25)15-6-2-1-5-14(15)18(19(21)28)26-9-3-4-10-26/h1-2,5-6,13,18-19,28H,3-4,7-12H2,(H3,22,23,24,27)/t18-,19+/m1/s1. The number of aliphatic hydroxyl groups is 1. The molecule has 2 aromatic rings. The fourth-order valence-electron chi connectivity index (χ4n) is 5.58. The van der Waals surface area contributed by atoms with E-state index in [2.05, 4.69) is 44.0 Å². The van der Waals surface area contributed by atoms with Gasteiger partial charge in [0.25, 0.3) is 5.56 Å². The zero-order valence-electron chi connectivity index (χ0n) is 16.0. The maximum absolute atomic E-state index is 11.8. The Morgan fingerprint density at radius 2 is 1.86 bits per heavy atom. The summed E-state index contributed by atoms with van der Waals surface area (Å²) < 4.78 is 0. The average molecular weight is 381 g/mol. The molecule has 1 aromatic heterocycles. The Kier molecular flexibility index (Phi) is 4.17. The number of aromatic amines is 1. The van der Waals surface area contributed by atoms with E-state index in [9.17, 15) is 9.90 Å². The molecule has 4 N–H and O–H groups in total. The molecule has 7 nitrogen and oxygen atoms in total. The van der Waals surface area contributed by atoms with Crippen LogP contribution in [-0.4, -0.2) is 52.3 Å². The van der Waals surface area contributed by atoms with E-state index in [0.29, 0.717) is 5.82 Å². The van der Waals surface area contributed by atoms with Crippen molar-refractivity contribution < 1.29 is 5.11 Å². The molecule has 7 heteroatoms. The van der Waals surface area contributed by atoms with Gasteiger partial charge in [0, 0.05) is 24.6 Å². The lowest BCUT2D eigenvalue weighted by atomic mass is 9.72. The molecule has 0 saturated carbocycles. The topological polar surface area (TPSA) is 98.5 Å². The average Bonchev–Trinajstić information content (AvgIpc) is 3.28. The number of nitrogens with one attached hydrogen (secondary N) is 1. The van der Waals surface area contributed by atoms with Crippen molar-refractivity contribution in [2.75, 3.05) is 36.8 Å². The Bertz CT molecular complexity index is 928. The normalized spacial score (nSPS) is 26.7. The number of benzene rings is 1. The fourth-order valence-corrected chi connectivity index (χ4v) is 5.58. The van der Waals surface area contributed by atoms with E-state index in [1.807, 2.05) is 0 Å². The molecule has 28 heavy (non-hydrogen) atoms. The molecule has 5 rings (SSSR count). The molecule has 2 aliphatic heterocycles. The summed E-state index contributed by atoms with van der Waals surface area (Å²) in [5, 5.41) is 11.5. The van der Waals surface area contributed by atoms with E-state index in [1.165, 1.54) is 30.0 Å². The van der Waals surface area contributed by atoms with Crippen LogP contribution in [0.15, 0.2) is 35.1 Å². The third-order valence-corrected chi connectivity index (χ3v) is 6.94. The quantitative estimate of drug-likeness (QED) is 0.727. The van der Waals surface area contributed by atoms with Gasteiger partial charge in [0.1, 0.15) is 5.82 Å². The predicted octanol–water partition coefficient (Wildman–Crippen LogP) is 1.40. The van der Waals surface area contributed by atoms with Crippen LogP contribution in [0.2, 0.25) is 0 Å². The highest BCUT2D eigenvalue weighted by molar-refractivity contribution is 5.48. The minimum atomic E-state index is -0.401. The number of nitrogens with two attached hydrogens (primary N) is 1. The van der Waals surface area contributed by atoms with Gasteiger partial charge < -0.3 is 15.7 Å². The summed E-state index contributed by atoms with van der Waals surface area (Å²) in [5.41, 5.74) is 7.85. The van der Waals surface area contributed by atoms with Crippen LogP contribution < -0.4 is 16.2 Å². The van der Waals surface area contributed by atoms with Crippen LogP contribution in [0.3, 0.4) is 0 Å². The van der Waals surface area contributed by atoms with Crippen molar-refractivity contribution in [1.29, 1.82) is 0 Å². The van der Waals surface area contributed by atoms with Crippen molar-refractivity contribution in [3.63, 3.8) is 0 Å². The number of hydrogen-bond donors (Lipinski definition) is 3. The van der Waals surface area contributed by atoms with Gasteiger partial charge in [0.15, 0.2) is 0 Å². The van der Waals surface area contributed by atoms with Crippen molar-refractivity contribution in [1.82, 2.24) is 14.9 Å². The van der Waals surface area contributed by atoms with Gasteiger partial charge in [-0.05, 0) is 49.9 Å². The molecule has 3 aliphatic rings. The third-order valence-electron chi connectivity index (χ3n) is 6.94. The first-order valence-corrected chi connectivity index (χ1v) is 10.2. The van der Waals surface area contributed by atoms with E-state index < -0.39 is 6.10 Å². The summed E-state index contributed by atoms with van der Waals surface area (Å²) in [6.07, 6.45) is 3.69. The van der Waals surface area contributed by atoms with Gasteiger partial charge in [-0.25, -0.2) is 0 Å². The molecular weight excluding hydrogens is 354 g/mol. The summed E-state index contributed by atoms with van der Waals surface area (Å²) >= 11 is 0. The summed E-state index contributed by atoms with van der Waals surface area (Å²) in [6.45, 7) is 3.62. The highest BCUT2D eigenvalue weighted by Crippen LogP contribution is 2.53. The van der Waals surface area contributed by atoms with Crippen LogP contribution >= 0.6 is 0 Å². The second-order valence-corrected chi connectivity index (χ2v) is 8.35. The molecule has 1 aliphatic carbocycles. The molecule has 0 radical (unpaired) electrons. The number of aliphatic hydroxyl groups excluding tert-OH is 1. The van der Waals surface area contributed by atoms with Gasteiger partial charge >= 0.3 is 0 Å². The van der Waals surface area contributed by atoms with Crippen LogP contribution in [0.25, 0.3) is 0 Å². The first-order chi connectivity index (χ1) is 13.6. The monoisotopic (exact) mass is 381 g/mol. The van der Waals surface area contributed by atoms with Crippen LogP contribution in [0.5, 0.6) is 0 Å². The number of nitrogen functional groups attached to an aromatic ring is 1. The fraction of sp³-hybridized carbons (Fsp3) is 0.524. The van der Waals surface area contributed by atoms with Crippen molar-refractivity contribution in [2.24, 2.45) is 0 Å². The number of H-pyrrole nitrogens is 1. The number of aromatic nitrogens is 2. The van der Waals surface area contributed by atoms with E-state index >= 15 is 0 Å². The minimum Gasteiger partial charge on any atom is -0.390 e. The Morgan fingerprint density at radius 3 is 2.57 bits per heavy atom. The number of anilines is 2. The van der Waals surface area contributed by atoms with Gasteiger partial charge in [-0.2, -0.15) is 4.98 Å². The molecule has 148 valence electrons. The number of nitrogens with zero attached hydrogens (tertiary/aromatic N) is 3. The number of piperidine rings is 1. The van der Waals surface area contributed by atoms with E-state index in [1.54, 1.807) is 0 Å². The van der Waals surface area contributed by atoms with Crippen LogP contribution in [0, 0.1) is 0 Å². The summed E-state index contributed by atoms with van der Waals surface area (Å²) in [6, 6.07) is 10.2. The number of hydrogen-bond acceptors (Lipinski definition) is 6. The maximum atomic E-state index is 11.8. The molecule has 0 bridgehead atoms. The zero-order valence-corrected chi connectivity index (χ0v) is 16.0. The van der Waals surface area contributed by atoms with E-state index in [0.717, 1.165) is 39.0 Å². The smallest absolute Gasteiger partial charge is 0.254 e. The van der Waals surface area contributed by atoms with Gasteiger partial charge in [-0.1, -0.05) is 24.3 Å². The lowest BCUT2D eigenvalue weighted by Gasteiger charge is -2.44. The van der Waals surface area contributed by atoms with Gasteiger partial charge in [0.05, 0.1) is 12.1 Å². The largest absolute Gasteiger partial charge is 0.390 e. The molecule has 2 saturated heterocycles. The molecule has 0 unspecified atom stereocenters. The number of fused-ring (bicyclic) bond motifs is 2. The molecule has 2 fully saturated rings. The summed E-state index contributed by atoms with van der Waals surface area (Å²) in [4.78, 5) is 23.1. The Balaban J connectivity index is 1.45. The molecular formula is C21H27N5O2. The van der Waals surface area contributed by atoms with Crippen molar-refractivity contribution >= 4 is 11.8 Å². The highest BCUT2D eigenvalue weighted by Gasteiger charge is 2.54. The molecule has 0 amide bonds. The van der Waals surface area contributed by atoms with E-state index in [-0.39, 0.29) is 23.0 Å². The maximum Gasteiger partial charge on any atom is 0.254 e. The zero-order chi connectivity index (χ0) is 19.3. The van der Waals surface area contributed by atoms with Crippen LogP contribution in [-0.2, 0) is 5.41 Å². The number of likely N-dealkylation sites (tertiary alicyclic amines) is 1. The second-order valence-electron chi connectivity index (χ2n) is 8.35. The lowest BCUT2D eigenvalue weighted by molar-refractivity contribution is 0.00812. The molecule has 1 spiro atoms. The van der Waals surface area contributed by atoms with Gasteiger partial charge in [-0.15, -0.1) is 0 Å². The van der Waals surface area contributed by atoms with Crippen molar-refractivity contribution in [2.45, 2.75) is 43.2 Å². The molecule has 2 atom stereocenters. The number of rotatable bonds is 2. The third kappa shape index (κ3) is 2.64. The molecule has 3 heterocycles. The second kappa shape index (κ2) is 6.60. The van der Waals surface area contributed by atoms with Crippen molar-refractivity contribution in [3.05, 3.63) is 51.8 Å². The van der Waals surface area contributed by atoms with Crippen molar-refractivity contribution in [3.8, 4) is 0 Å². The Morgan fingerprint density at radius 1 is 1.14 bits per heavy atom. The highest BCUT2D eigenvalue weighted by atomic mass is 16.3. The van der Waals surface area contributed by atoms with Crippen LogP contribution in [0.4, 0.5) is 11.8 Å². The van der Waals surface area contributed by atoms with Gasteiger partial charge in [-0.3, -0.25) is 14.7 Å². The molecule has 1 aromatic carbocycles. The Labute approximate surface area is 164 Å². The van der Waals surface area contributed by atoms with Crippen LogP contribution in [0.1, 0.15) is 42.9 Å². The Hall–Kier alpha value is -2.38. The lowest BCUT2D eigenvalue weighted by Crippen LogP contribution is -2.50. The van der Waals surface area contributed by atoms with E-state index in [4.69, 9.17) is 5.73 Å². The minimum absolute atomic E-state index is 0.0959. The van der Waals surface area contributed by atoms with Gasteiger partial charge in [0.2, 0.25) is 5.95 Å². The first kappa shape index (κ1) is 17.7. The first-order valence-electron chi connectivity index (χ1n) is 10.2. The predicted molar refractivity (Wildman–Crippen MR) is 108 cm³/mol. The summed E-state index contributed by atoms with van der Waals surface area (Å²) in [7, 11) is 0.